The monoisotopic (exact) mass is 324 g/mol. The maximum absolute atomic E-state index is 13.0. The van der Waals surface area contributed by atoms with Gasteiger partial charge >= 0.3 is 0 Å². The zero-order chi connectivity index (χ0) is 28.9. The first-order valence-corrected chi connectivity index (χ1v) is 6.42. The second kappa shape index (κ2) is 6.78. The van der Waals surface area contributed by atoms with Crippen molar-refractivity contribution in [3.05, 3.63) is 65.1 Å². The predicted octanol–water partition coefficient (Wildman–Crippen LogP) is 4.45. The molecule has 0 heterocycles. The van der Waals surface area contributed by atoms with E-state index in [0.29, 0.717) is 5.75 Å². The standard InChI is InChI=1S/C20H22O3/c1-20(2,3)16-9-5-14(6-10-16)18(21)13-19(22)15-7-11-17(23-4)12-8-15/h5-12H,13H2,1-4H3/i1D3,2D3,3D3,5D,6D,9D,10D,13D. The topological polar surface area (TPSA) is 43.4 Å². The molecule has 2 rings (SSSR count). The van der Waals surface area contributed by atoms with Gasteiger partial charge < -0.3 is 4.74 Å². The Morgan fingerprint density at radius 3 is 2.13 bits per heavy atom. The van der Waals surface area contributed by atoms with Crippen LogP contribution in [-0.2, 0) is 5.41 Å². The van der Waals surface area contributed by atoms with Crippen molar-refractivity contribution in [3.63, 3.8) is 0 Å². The number of ether oxygens (including phenoxy) is 1. The molecule has 23 heavy (non-hydrogen) atoms. The summed E-state index contributed by atoms with van der Waals surface area (Å²) in [6.45, 7) is -11.6. The second-order valence-corrected chi connectivity index (χ2v) is 4.60. The van der Waals surface area contributed by atoms with Crippen LogP contribution < -0.4 is 4.74 Å². The Kier molecular flexibility index (Phi) is 1.84. The number of hydrogen-bond donors (Lipinski definition) is 0. The number of methoxy groups -OCH3 is 1. The molecule has 0 aliphatic heterocycles. The molecule has 0 N–H and O–H groups in total. The summed E-state index contributed by atoms with van der Waals surface area (Å²) in [6, 6.07) is -0.0593. The second-order valence-electron chi connectivity index (χ2n) is 4.60. The molecule has 0 saturated carbocycles. The smallest absolute Gasteiger partial charge is 0.170 e. The molecule has 0 spiro atoms. The Hall–Kier alpha value is -2.42. The maximum atomic E-state index is 13.0. The summed E-state index contributed by atoms with van der Waals surface area (Å²) < 4.78 is 116. The molecule has 2 aromatic rings. The summed E-state index contributed by atoms with van der Waals surface area (Å²) in [5, 5.41) is 0. The average molecular weight is 324 g/mol. The van der Waals surface area contributed by atoms with Crippen LogP contribution in [0.4, 0.5) is 0 Å². The van der Waals surface area contributed by atoms with Crippen LogP contribution in [0.25, 0.3) is 0 Å². The van der Waals surface area contributed by atoms with Gasteiger partial charge in [0.2, 0.25) is 0 Å². The maximum Gasteiger partial charge on any atom is 0.170 e. The van der Waals surface area contributed by atoms with Gasteiger partial charge in [-0.1, -0.05) is 44.7 Å². The molecule has 0 fully saturated rings. The molecule has 3 heteroatoms. The third-order valence-electron chi connectivity index (χ3n) is 2.88. The Bertz CT molecular complexity index is 1140. The van der Waals surface area contributed by atoms with Crippen molar-refractivity contribution >= 4 is 11.6 Å². The molecule has 0 aliphatic carbocycles. The van der Waals surface area contributed by atoms with E-state index >= 15 is 0 Å². The van der Waals surface area contributed by atoms with Crippen molar-refractivity contribution in [3.8, 4) is 5.75 Å². The number of rotatable bonds is 5. The van der Waals surface area contributed by atoms with Crippen LogP contribution in [0.2, 0.25) is 0 Å². The Labute approximate surface area is 157 Å². The van der Waals surface area contributed by atoms with Crippen LogP contribution in [0.3, 0.4) is 0 Å². The van der Waals surface area contributed by atoms with Crippen LogP contribution in [0.5, 0.6) is 5.75 Å². The van der Waals surface area contributed by atoms with Crippen LogP contribution in [0.15, 0.2) is 48.4 Å². The van der Waals surface area contributed by atoms with Crippen molar-refractivity contribution in [1.29, 1.82) is 0 Å². The van der Waals surface area contributed by atoms with Crippen molar-refractivity contribution in [1.82, 2.24) is 0 Å². The summed E-state index contributed by atoms with van der Waals surface area (Å²) in [5.74, 6) is -2.16. The first kappa shape index (κ1) is 6.23. The molecule has 0 amide bonds. The minimum absolute atomic E-state index is 0.104. The lowest BCUT2D eigenvalue weighted by atomic mass is 9.86. The number of Topliss-reactive ketones (excluding diaryl/α,β-unsaturated/α-hetero) is 2. The molecule has 1 unspecified atom stereocenters. The van der Waals surface area contributed by atoms with Gasteiger partial charge in [-0.3, -0.25) is 9.59 Å². The molecular weight excluding hydrogens is 288 g/mol. The van der Waals surface area contributed by atoms with Crippen LogP contribution >= 0.6 is 0 Å². The van der Waals surface area contributed by atoms with Gasteiger partial charge in [0, 0.05) is 24.8 Å². The van der Waals surface area contributed by atoms with E-state index in [2.05, 4.69) is 0 Å². The number of benzene rings is 2. The molecule has 0 radical (unpaired) electrons. The van der Waals surface area contributed by atoms with Gasteiger partial charge in [0.1, 0.15) is 5.75 Å². The van der Waals surface area contributed by atoms with Gasteiger partial charge in [0.05, 0.1) is 19.0 Å². The zero-order valence-corrected chi connectivity index (χ0v) is 12.1. The van der Waals surface area contributed by atoms with Crippen molar-refractivity contribution in [2.24, 2.45) is 0 Å². The molecule has 1 atom stereocenters. The first-order chi connectivity index (χ1) is 16.7. The van der Waals surface area contributed by atoms with Crippen molar-refractivity contribution in [2.45, 2.75) is 32.4 Å². The highest BCUT2D eigenvalue weighted by molar-refractivity contribution is 6.13. The summed E-state index contributed by atoms with van der Waals surface area (Å²) in [7, 11) is 1.37. The van der Waals surface area contributed by atoms with Gasteiger partial charge in [-0.2, -0.15) is 0 Å². The van der Waals surface area contributed by atoms with Crippen LogP contribution in [0, 0.1) is 0 Å². The quantitative estimate of drug-likeness (QED) is 0.603. The van der Waals surface area contributed by atoms with E-state index in [1.54, 1.807) is 0 Å². The third kappa shape index (κ3) is 4.28. The minimum Gasteiger partial charge on any atom is -0.497 e. The Morgan fingerprint density at radius 2 is 1.61 bits per heavy atom. The fourth-order valence-electron chi connectivity index (χ4n) is 1.65. The molecule has 0 aromatic heterocycles. The molecule has 3 nitrogen and oxygen atoms in total. The van der Waals surface area contributed by atoms with Gasteiger partial charge in [-0.05, 0) is 35.2 Å². The summed E-state index contributed by atoms with van der Waals surface area (Å²) >= 11 is 0. The summed E-state index contributed by atoms with van der Waals surface area (Å²) in [4.78, 5) is 25.7. The Balaban J connectivity index is 2.82. The van der Waals surface area contributed by atoms with Gasteiger partial charge in [-0.25, -0.2) is 0 Å². The lowest BCUT2D eigenvalue weighted by Crippen LogP contribution is -2.12. The number of hydrogen-bond acceptors (Lipinski definition) is 3. The average Bonchev–Trinajstić information content (AvgIpc) is 2.76. The normalized spacial score (nSPS) is 23.0. The number of carbonyl (C=O) groups is 2. The van der Waals surface area contributed by atoms with E-state index in [1.165, 1.54) is 31.4 Å². The van der Waals surface area contributed by atoms with Gasteiger partial charge in [-0.15, -0.1) is 0 Å². The Morgan fingerprint density at radius 1 is 1.04 bits per heavy atom. The van der Waals surface area contributed by atoms with E-state index < -0.39 is 79.2 Å². The SMILES string of the molecule is [2H]c1c([2H])c(C(C([2H])([2H])[2H])(C([2H])([2H])[2H])C([2H])([2H])[2H])c([2H])c([2H])c1C(=O)C([2H])C(=O)c1ccc(OC)cc1. The lowest BCUT2D eigenvalue weighted by Gasteiger charge is -2.18. The van der Waals surface area contributed by atoms with E-state index in [1.807, 2.05) is 0 Å². The summed E-state index contributed by atoms with van der Waals surface area (Å²) in [6.07, 6.45) is -2.26. The number of carbonyl (C=O) groups excluding carboxylic acids is 2. The molecule has 0 saturated heterocycles. The van der Waals surface area contributed by atoms with Gasteiger partial charge in [0.15, 0.2) is 11.6 Å². The third-order valence-corrected chi connectivity index (χ3v) is 2.88. The predicted molar refractivity (Wildman–Crippen MR) is 91.4 cm³/mol. The molecule has 120 valence electrons. The van der Waals surface area contributed by atoms with E-state index in [-0.39, 0.29) is 5.56 Å². The summed E-state index contributed by atoms with van der Waals surface area (Å²) in [5.41, 5.74) is -6.49. The van der Waals surface area contributed by atoms with Crippen molar-refractivity contribution < 1.29 is 33.5 Å². The zero-order valence-electron chi connectivity index (χ0n) is 26.1. The fraction of sp³-hybridized carbons (Fsp3) is 0.300. The van der Waals surface area contributed by atoms with Crippen LogP contribution in [0.1, 0.15) is 72.4 Å². The number of ketones is 2. The lowest BCUT2D eigenvalue weighted by molar-refractivity contribution is 0.0894. The van der Waals surface area contributed by atoms with E-state index in [9.17, 15) is 9.59 Å². The van der Waals surface area contributed by atoms with Crippen LogP contribution in [-0.4, -0.2) is 18.7 Å². The van der Waals surface area contributed by atoms with E-state index in [0.717, 1.165) is 0 Å². The molecular formula is C20H22O3. The fourth-order valence-corrected chi connectivity index (χ4v) is 1.65. The first-order valence-electron chi connectivity index (χ1n) is 13.5. The minimum atomic E-state index is -3.87. The van der Waals surface area contributed by atoms with Gasteiger partial charge in [0.25, 0.3) is 0 Å². The van der Waals surface area contributed by atoms with Crippen molar-refractivity contribution in [2.75, 3.05) is 7.11 Å². The largest absolute Gasteiger partial charge is 0.497 e. The highest BCUT2D eigenvalue weighted by atomic mass is 16.5. The van der Waals surface area contributed by atoms with E-state index in [4.69, 9.17) is 23.9 Å². The molecule has 0 aliphatic rings. The molecule has 2 aromatic carbocycles. The highest BCUT2D eigenvalue weighted by Gasteiger charge is 2.16. The highest BCUT2D eigenvalue weighted by Crippen LogP contribution is 2.22. The molecule has 0 bridgehead atoms.